The summed E-state index contributed by atoms with van der Waals surface area (Å²) in [6.45, 7) is 2.18. The maximum Gasteiger partial charge on any atom is 0.122 e. The Bertz CT molecular complexity index is 376. The number of halogens is 1. The molecule has 2 atom stereocenters. The molecular formula is C12H15BrO2. The largest absolute Gasteiger partial charge is 0.496 e. The normalized spacial score (nSPS) is 24.8. The Hall–Kier alpha value is -0.540. The molecule has 1 aliphatic carbocycles. The Morgan fingerprint density at radius 1 is 1.33 bits per heavy atom. The summed E-state index contributed by atoms with van der Waals surface area (Å²) in [5.41, 5.74) is 2.17. The van der Waals surface area contributed by atoms with Crippen LogP contribution in [0.5, 0.6) is 5.75 Å². The first-order valence-corrected chi connectivity index (χ1v) is 5.98. The highest BCUT2D eigenvalue weighted by Crippen LogP contribution is 2.45. The molecule has 15 heavy (non-hydrogen) atoms. The van der Waals surface area contributed by atoms with Gasteiger partial charge in [-0.3, -0.25) is 0 Å². The zero-order valence-electron chi connectivity index (χ0n) is 8.96. The number of aliphatic hydroxyl groups is 1. The minimum Gasteiger partial charge on any atom is -0.496 e. The van der Waals surface area contributed by atoms with Crippen LogP contribution in [0, 0.1) is 0 Å². The van der Waals surface area contributed by atoms with Gasteiger partial charge in [0.25, 0.3) is 0 Å². The monoisotopic (exact) mass is 270 g/mol. The molecule has 1 aromatic carbocycles. The third-order valence-electron chi connectivity index (χ3n) is 3.11. The highest BCUT2D eigenvalue weighted by atomic mass is 79.9. The maximum atomic E-state index is 9.99. The number of rotatable bonds is 1. The van der Waals surface area contributed by atoms with Crippen molar-refractivity contribution in [2.45, 2.75) is 31.8 Å². The van der Waals surface area contributed by atoms with Crippen LogP contribution in [0.1, 0.15) is 42.9 Å². The number of hydrogen-bond acceptors (Lipinski definition) is 2. The van der Waals surface area contributed by atoms with Gasteiger partial charge in [-0.2, -0.15) is 0 Å². The van der Waals surface area contributed by atoms with Crippen molar-refractivity contribution in [2.24, 2.45) is 0 Å². The lowest BCUT2D eigenvalue weighted by atomic mass is 9.82. The van der Waals surface area contributed by atoms with Crippen molar-refractivity contribution >= 4 is 15.9 Å². The van der Waals surface area contributed by atoms with Crippen molar-refractivity contribution in [3.8, 4) is 5.75 Å². The SMILES string of the molecule is COc1ccc(Br)c2c1C(C)CC[C@@H]2O. The number of fused-ring (bicyclic) bond motifs is 1. The minimum atomic E-state index is -0.360. The van der Waals surface area contributed by atoms with Crippen LogP contribution in [0.2, 0.25) is 0 Å². The lowest BCUT2D eigenvalue weighted by Crippen LogP contribution is -2.14. The first kappa shape index (κ1) is 11.0. The third kappa shape index (κ3) is 1.79. The van der Waals surface area contributed by atoms with Gasteiger partial charge < -0.3 is 9.84 Å². The molecule has 0 radical (unpaired) electrons. The van der Waals surface area contributed by atoms with Crippen LogP contribution in [-0.4, -0.2) is 12.2 Å². The smallest absolute Gasteiger partial charge is 0.122 e. The van der Waals surface area contributed by atoms with Crippen LogP contribution in [0.4, 0.5) is 0 Å². The zero-order valence-corrected chi connectivity index (χ0v) is 10.5. The molecule has 0 saturated heterocycles. The number of methoxy groups -OCH3 is 1. The van der Waals surface area contributed by atoms with Gasteiger partial charge in [0.2, 0.25) is 0 Å². The highest BCUT2D eigenvalue weighted by Gasteiger charge is 2.28. The molecule has 1 unspecified atom stereocenters. The Morgan fingerprint density at radius 3 is 2.73 bits per heavy atom. The van der Waals surface area contributed by atoms with Gasteiger partial charge in [0, 0.05) is 15.6 Å². The fourth-order valence-electron chi connectivity index (χ4n) is 2.31. The van der Waals surface area contributed by atoms with Crippen LogP contribution < -0.4 is 4.74 Å². The summed E-state index contributed by atoms with van der Waals surface area (Å²) in [6, 6.07) is 3.90. The second kappa shape index (κ2) is 4.14. The standard InChI is InChI=1S/C12H15BrO2/c1-7-3-5-9(14)12-8(13)4-6-10(15-2)11(7)12/h4,6-7,9,14H,3,5H2,1-2H3/t7?,9-/m0/s1. The van der Waals surface area contributed by atoms with Gasteiger partial charge in [0.15, 0.2) is 0 Å². The van der Waals surface area contributed by atoms with E-state index < -0.39 is 0 Å². The average Bonchev–Trinajstić information content (AvgIpc) is 2.23. The molecule has 0 amide bonds. The van der Waals surface area contributed by atoms with Crippen molar-refractivity contribution in [2.75, 3.05) is 7.11 Å². The van der Waals surface area contributed by atoms with Crippen molar-refractivity contribution in [3.63, 3.8) is 0 Å². The Kier molecular flexibility index (Phi) is 3.03. The van der Waals surface area contributed by atoms with Gasteiger partial charge >= 0.3 is 0 Å². The van der Waals surface area contributed by atoms with Gasteiger partial charge in [-0.15, -0.1) is 0 Å². The van der Waals surface area contributed by atoms with E-state index in [1.807, 2.05) is 12.1 Å². The second-order valence-corrected chi connectivity index (χ2v) is 4.93. The molecular weight excluding hydrogens is 256 g/mol. The molecule has 1 N–H and O–H groups in total. The van der Waals surface area contributed by atoms with E-state index in [1.165, 1.54) is 0 Å². The van der Waals surface area contributed by atoms with E-state index >= 15 is 0 Å². The molecule has 0 bridgehead atoms. The predicted octanol–water partition coefficient (Wildman–Crippen LogP) is 3.39. The fraction of sp³-hybridized carbons (Fsp3) is 0.500. The fourth-order valence-corrected chi connectivity index (χ4v) is 2.92. The summed E-state index contributed by atoms with van der Waals surface area (Å²) in [6.07, 6.45) is 1.49. The maximum absolute atomic E-state index is 9.99. The van der Waals surface area contributed by atoms with Crippen LogP contribution >= 0.6 is 15.9 Å². The zero-order chi connectivity index (χ0) is 11.0. The number of ether oxygens (including phenoxy) is 1. The summed E-state index contributed by atoms with van der Waals surface area (Å²) in [4.78, 5) is 0. The predicted molar refractivity (Wildman–Crippen MR) is 63.3 cm³/mol. The van der Waals surface area contributed by atoms with E-state index in [0.717, 1.165) is 34.2 Å². The van der Waals surface area contributed by atoms with Gasteiger partial charge in [-0.1, -0.05) is 22.9 Å². The molecule has 82 valence electrons. The van der Waals surface area contributed by atoms with Crippen LogP contribution in [0.25, 0.3) is 0 Å². The Balaban J connectivity index is 2.63. The average molecular weight is 271 g/mol. The Labute approximate surface area is 98.4 Å². The second-order valence-electron chi connectivity index (χ2n) is 4.07. The summed E-state index contributed by atoms with van der Waals surface area (Å²) in [5.74, 6) is 1.34. The summed E-state index contributed by atoms with van der Waals surface area (Å²) in [7, 11) is 1.68. The van der Waals surface area contributed by atoms with Crippen molar-refractivity contribution in [3.05, 3.63) is 27.7 Å². The van der Waals surface area contributed by atoms with E-state index in [2.05, 4.69) is 22.9 Å². The number of aliphatic hydroxyl groups excluding tert-OH is 1. The summed E-state index contributed by atoms with van der Waals surface area (Å²) < 4.78 is 6.34. The van der Waals surface area contributed by atoms with Gasteiger partial charge in [-0.05, 0) is 30.9 Å². The molecule has 0 heterocycles. The summed E-state index contributed by atoms with van der Waals surface area (Å²) >= 11 is 3.50. The summed E-state index contributed by atoms with van der Waals surface area (Å²) in [5, 5.41) is 9.99. The quantitative estimate of drug-likeness (QED) is 0.848. The molecule has 1 aromatic rings. The van der Waals surface area contributed by atoms with Crippen molar-refractivity contribution in [1.82, 2.24) is 0 Å². The molecule has 2 nitrogen and oxygen atoms in total. The first-order chi connectivity index (χ1) is 7.15. The molecule has 0 spiro atoms. The first-order valence-electron chi connectivity index (χ1n) is 5.19. The lowest BCUT2D eigenvalue weighted by molar-refractivity contribution is 0.149. The van der Waals surface area contributed by atoms with E-state index in [1.54, 1.807) is 7.11 Å². The Morgan fingerprint density at radius 2 is 2.07 bits per heavy atom. The van der Waals surface area contributed by atoms with Crippen LogP contribution in [-0.2, 0) is 0 Å². The van der Waals surface area contributed by atoms with E-state index in [4.69, 9.17) is 4.74 Å². The van der Waals surface area contributed by atoms with E-state index in [0.29, 0.717) is 5.92 Å². The number of benzene rings is 1. The van der Waals surface area contributed by atoms with Gasteiger partial charge in [0.1, 0.15) is 5.75 Å². The van der Waals surface area contributed by atoms with Crippen molar-refractivity contribution < 1.29 is 9.84 Å². The molecule has 0 fully saturated rings. The van der Waals surface area contributed by atoms with Crippen molar-refractivity contribution in [1.29, 1.82) is 0 Å². The van der Waals surface area contributed by atoms with E-state index in [9.17, 15) is 5.11 Å². The van der Waals surface area contributed by atoms with Gasteiger partial charge in [-0.25, -0.2) is 0 Å². The minimum absolute atomic E-state index is 0.360. The topological polar surface area (TPSA) is 29.5 Å². The highest BCUT2D eigenvalue weighted by molar-refractivity contribution is 9.10. The molecule has 0 aliphatic heterocycles. The molecule has 3 heteroatoms. The number of hydrogen-bond donors (Lipinski definition) is 1. The molecule has 0 saturated carbocycles. The third-order valence-corrected chi connectivity index (χ3v) is 3.80. The van der Waals surface area contributed by atoms with Crippen LogP contribution in [0.3, 0.4) is 0 Å². The lowest BCUT2D eigenvalue weighted by Gasteiger charge is -2.29. The molecule has 0 aromatic heterocycles. The van der Waals surface area contributed by atoms with Crippen LogP contribution in [0.15, 0.2) is 16.6 Å². The van der Waals surface area contributed by atoms with Gasteiger partial charge in [0.05, 0.1) is 13.2 Å². The van der Waals surface area contributed by atoms with E-state index in [-0.39, 0.29) is 6.10 Å². The molecule has 2 rings (SSSR count). The molecule has 1 aliphatic rings.